The van der Waals surface area contributed by atoms with Crippen molar-refractivity contribution in [3.05, 3.63) is 34.6 Å². The van der Waals surface area contributed by atoms with Crippen LogP contribution in [0.1, 0.15) is 11.3 Å². The van der Waals surface area contributed by atoms with Gasteiger partial charge in [0.25, 0.3) is 0 Å². The van der Waals surface area contributed by atoms with Crippen molar-refractivity contribution < 1.29 is 9.84 Å². The monoisotopic (exact) mass is 253 g/mol. The van der Waals surface area contributed by atoms with E-state index in [4.69, 9.17) is 21.4 Å². The first-order valence-electron chi connectivity index (χ1n) is 5.04. The van der Waals surface area contributed by atoms with E-state index >= 15 is 0 Å². The molecule has 0 unspecified atom stereocenters. The molecule has 17 heavy (non-hydrogen) atoms. The molecule has 0 aromatic carbocycles. The normalized spacial score (nSPS) is 10.6. The quantitative estimate of drug-likeness (QED) is 0.910. The molecule has 90 valence electrons. The molecule has 1 N–H and O–H groups in total. The van der Waals surface area contributed by atoms with Gasteiger partial charge in [0.15, 0.2) is 0 Å². The maximum Gasteiger partial charge on any atom is 0.240 e. The molecular weight excluding hydrogens is 242 g/mol. The van der Waals surface area contributed by atoms with Gasteiger partial charge in [0, 0.05) is 19.3 Å². The zero-order chi connectivity index (χ0) is 12.4. The van der Waals surface area contributed by atoms with Gasteiger partial charge in [0.2, 0.25) is 11.8 Å². The maximum absolute atomic E-state index is 8.94. The van der Waals surface area contributed by atoms with Crippen LogP contribution in [-0.2, 0) is 13.7 Å². The van der Waals surface area contributed by atoms with Crippen molar-refractivity contribution >= 4 is 11.6 Å². The van der Waals surface area contributed by atoms with Gasteiger partial charge in [-0.05, 0) is 18.6 Å². The number of aliphatic hydroxyl groups excluding tert-OH is 1. The Morgan fingerprint density at radius 3 is 2.76 bits per heavy atom. The fourth-order valence-electron chi connectivity index (χ4n) is 1.41. The van der Waals surface area contributed by atoms with Gasteiger partial charge in [-0.1, -0.05) is 11.6 Å². The van der Waals surface area contributed by atoms with Gasteiger partial charge >= 0.3 is 0 Å². The number of aryl methyl sites for hydroxylation is 2. The van der Waals surface area contributed by atoms with Crippen molar-refractivity contribution in [2.24, 2.45) is 7.05 Å². The lowest BCUT2D eigenvalue weighted by molar-refractivity contribution is 0.281. The predicted molar refractivity (Wildman–Crippen MR) is 63.2 cm³/mol. The first kappa shape index (κ1) is 11.9. The molecule has 0 fully saturated rings. The zero-order valence-electron chi connectivity index (χ0n) is 9.51. The van der Waals surface area contributed by atoms with Crippen molar-refractivity contribution in [3.63, 3.8) is 0 Å². The molecule has 2 rings (SSSR count). The summed E-state index contributed by atoms with van der Waals surface area (Å²) in [6.45, 7) is 1.77. The Labute approximate surface area is 104 Å². The maximum atomic E-state index is 8.94. The Morgan fingerprint density at radius 1 is 1.47 bits per heavy atom. The van der Waals surface area contributed by atoms with Crippen LogP contribution in [0.2, 0.25) is 5.02 Å². The number of rotatable bonds is 3. The van der Waals surface area contributed by atoms with Gasteiger partial charge in [-0.2, -0.15) is 5.10 Å². The fourth-order valence-corrected chi connectivity index (χ4v) is 1.64. The van der Waals surface area contributed by atoms with Crippen molar-refractivity contribution in [2.75, 3.05) is 0 Å². The smallest absolute Gasteiger partial charge is 0.240 e. The summed E-state index contributed by atoms with van der Waals surface area (Å²) in [4.78, 5) is 4.04. The number of aliphatic hydroxyl groups is 1. The first-order chi connectivity index (χ1) is 8.10. The molecule has 0 aliphatic rings. The Bertz CT molecular complexity index is 540. The van der Waals surface area contributed by atoms with E-state index in [1.165, 1.54) is 6.20 Å². The van der Waals surface area contributed by atoms with E-state index in [2.05, 4.69) is 10.1 Å². The first-order valence-corrected chi connectivity index (χ1v) is 5.41. The molecule has 6 heteroatoms. The predicted octanol–water partition coefficient (Wildman–Crippen LogP) is 2.06. The third-order valence-electron chi connectivity index (χ3n) is 2.21. The molecule has 2 aromatic heterocycles. The summed E-state index contributed by atoms with van der Waals surface area (Å²) >= 11 is 5.99. The summed E-state index contributed by atoms with van der Waals surface area (Å²) in [7, 11) is 1.78. The largest absolute Gasteiger partial charge is 0.419 e. The van der Waals surface area contributed by atoms with E-state index in [-0.39, 0.29) is 6.61 Å². The minimum absolute atomic E-state index is 0.0994. The summed E-state index contributed by atoms with van der Waals surface area (Å²) in [5, 5.41) is 13.4. The lowest BCUT2D eigenvalue weighted by Crippen LogP contribution is -1.97. The van der Waals surface area contributed by atoms with Crippen LogP contribution in [0.25, 0.3) is 0 Å². The average Bonchev–Trinajstić information content (AvgIpc) is 2.60. The van der Waals surface area contributed by atoms with Gasteiger partial charge in [-0.3, -0.25) is 0 Å². The number of nitrogens with zero attached hydrogens (tertiary/aromatic N) is 3. The average molecular weight is 254 g/mol. The summed E-state index contributed by atoms with van der Waals surface area (Å²) in [6.07, 6.45) is 1.52. The summed E-state index contributed by atoms with van der Waals surface area (Å²) in [6, 6.07) is 3.41. The molecule has 0 aliphatic carbocycles. The van der Waals surface area contributed by atoms with Crippen LogP contribution in [0.15, 0.2) is 18.3 Å². The number of hydrogen-bond acceptors (Lipinski definition) is 4. The standard InChI is InChI=1S/C11H12ClN3O2/c1-7-3-10(15(2)14-7)17-11-9(12)4-8(6-16)5-13-11/h3-5,16H,6H2,1-2H3. The lowest BCUT2D eigenvalue weighted by Gasteiger charge is -2.06. The Hall–Kier alpha value is -1.59. The van der Waals surface area contributed by atoms with Gasteiger partial charge in [0.05, 0.1) is 12.3 Å². The molecule has 2 aromatic rings. The van der Waals surface area contributed by atoms with Gasteiger partial charge in [-0.15, -0.1) is 0 Å². The van der Waals surface area contributed by atoms with Crippen LogP contribution < -0.4 is 4.74 Å². The minimum Gasteiger partial charge on any atom is -0.419 e. The molecule has 0 aliphatic heterocycles. The molecular formula is C11H12ClN3O2. The van der Waals surface area contributed by atoms with Crippen LogP contribution in [0.3, 0.4) is 0 Å². The number of ether oxygens (including phenoxy) is 1. The van der Waals surface area contributed by atoms with Gasteiger partial charge in [-0.25, -0.2) is 9.67 Å². The van der Waals surface area contributed by atoms with E-state index < -0.39 is 0 Å². The fraction of sp³-hybridized carbons (Fsp3) is 0.273. The molecule has 0 atom stereocenters. The van der Waals surface area contributed by atoms with Crippen LogP contribution in [0.4, 0.5) is 0 Å². The summed E-state index contributed by atoms with van der Waals surface area (Å²) in [5.41, 5.74) is 1.49. The van der Waals surface area contributed by atoms with Crippen molar-refractivity contribution in [1.29, 1.82) is 0 Å². The number of hydrogen-bond donors (Lipinski definition) is 1. The molecule has 0 saturated heterocycles. The van der Waals surface area contributed by atoms with E-state index in [1.807, 2.05) is 6.92 Å². The highest BCUT2D eigenvalue weighted by atomic mass is 35.5. The van der Waals surface area contributed by atoms with Crippen molar-refractivity contribution in [2.45, 2.75) is 13.5 Å². The summed E-state index contributed by atoms with van der Waals surface area (Å²) < 4.78 is 7.14. The second-order valence-electron chi connectivity index (χ2n) is 3.64. The third-order valence-corrected chi connectivity index (χ3v) is 2.48. The lowest BCUT2D eigenvalue weighted by atomic mass is 10.3. The second kappa shape index (κ2) is 4.73. The van der Waals surface area contributed by atoms with E-state index in [9.17, 15) is 0 Å². The van der Waals surface area contributed by atoms with Crippen LogP contribution in [0, 0.1) is 6.92 Å². The molecule has 0 amide bonds. The van der Waals surface area contributed by atoms with E-state index in [1.54, 1.807) is 23.9 Å². The molecule has 5 nitrogen and oxygen atoms in total. The number of aromatic nitrogens is 3. The molecule has 0 bridgehead atoms. The minimum atomic E-state index is -0.0994. The van der Waals surface area contributed by atoms with Crippen molar-refractivity contribution in [3.8, 4) is 11.8 Å². The number of halogens is 1. The SMILES string of the molecule is Cc1cc(Oc2ncc(CO)cc2Cl)n(C)n1. The Balaban J connectivity index is 2.27. The Morgan fingerprint density at radius 2 is 2.24 bits per heavy atom. The Kier molecular flexibility index (Phi) is 3.31. The van der Waals surface area contributed by atoms with E-state index in [0.29, 0.717) is 22.3 Å². The molecule has 0 spiro atoms. The second-order valence-corrected chi connectivity index (χ2v) is 4.05. The third kappa shape index (κ3) is 2.57. The zero-order valence-corrected chi connectivity index (χ0v) is 10.3. The molecule has 2 heterocycles. The highest BCUT2D eigenvalue weighted by Crippen LogP contribution is 2.27. The molecule has 0 saturated carbocycles. The topological polar surface area (TPSA) is 60.2 Å². The van der Waals surface area contributed by atoms with Crippen molar-refractivity contribution in [1.82, 2.24) is 14.8 Å². The highest BCUT2D eigenvalue weighted by Gasteiger charge is 2.09. The van der Waals surface area contributed by atoms with Gasteiger partial charge in [0.1, 0.15) is 5.02 Å². The van der Waals surface area contributed by atoms with Crippen LogP contribution in [-0.4, -0.2) is 19.9 Å². The summed E-state index contributed by atoms with van der Waals surface area (Å²) in [5.74, 6) is 0.862. The van der Waals surface area contributed by atoms with Crippen LogP contribution in [0.5, 0.6) is 11.8 Å². The highest BCUT2D eigenvalue weighted by molar-refractivity contribution is 6.31. The number of pyridine rings is 1. The van der Waals surface area contributed by atoms with Gasteiger partial charge < -0.3 is 9.84 Å². The molecule has 0 radical (unpaired) electrons. The van der Waals surface area contributed by atoms with Crippen LogP contribution >= 0.6 is 11.6 Å². The van der Waals surface area contributed by atoms with E-state index in [0.717, 1.165) is 5.69 Å².